The summed E-state index contributed by atoms with van der Waals surface area (Å²) in [6, 6.07) is 9.82. The third kappa shape index (κ3) is 6.72. The van der Waals surface area contributed by atoms with Crippen LogP contribution in [0.4, 0.5) is 0 Å². The van der Waals surface area contributed by atoms with E-state index in [1.807, 2.05) is 56.4 Å². The van der Waals surface area contributed by atoms with Crippen molar-refractivity contribution < 1.29 is 9.84 Å². The number of aliphatic imine (C=N–C) groups is 1. The highest BCUT2D eigenvalue weighted by molar-refractivity contribution is 7.10. The number of benzene rings is 1. The van der Waals surface area contributed by atoms with Crippen molar-refractivity contribution >= 4 is 17.3 Å². The normalized spacial score (nSPS) is 15.7. The summed E-state index contributed by atoms with van der Waals surface area (Å²) in [5, 5.41) is 19.3. The molecule has 30 heavy (non-hydrogen) atoms. The largest absolute Gasteiger partial charge is 0.491 e. The minimum atomic E-state index is -0.646. The van der Waals surface area contributed by atoms with Gasteiger partial charge in [0.15, 0.2) is 5.96 Å². The Hall–Kier alpha value is -2.09. The Morgan fingerprint density at radius 2 is 2.03 bits per heavy atom. The highest BCUT2D eigenvalue weighted by Crippen LogP contribution is 2.23. The van der Waals surface area contributed by atoms with Crippen molar-refractivity contribution in [3.05, 3.63) is 51.7 Å². The van der Waals surface area contributed by atoms with E-state index in [2.05, 4.69) is 32.0 Å². The number of hydrogen-bond donors (Lipinski definition) is 3. The average Bonchev–Trinajstić information content (AvgIpc) is 3.20. The zero-order valence-corrected chi connectivity index (χ0v) is 19.0. The van der Waals surface area contributed by atoms with Crippen LogP contribution < -0.4 is 15.4 Å². The summed E-state index contributed by atoms with van der Waals surface area (Å²) in [6.07, 6.45) is 0.637. The molecule has 164 valence electrons. The molecule has 1 aliphatic heterocycles. The summed E-state index contributed by atoms with van der Waals surface area (Å²) < 4.78 is 5.66. The molecule has 3 N–H and O–H groups in total. The molecule has 2 aromatic rings. The van der Waals surface area contributed by atoms with Gasteiger partial charge in [0.05, 0.1) is 18.8 Å². The topological polar surface area (TPSA) is 69.1 Å². The van der Waals surface area contributed by atoms with Crippen LogP contribution in [0.3, 0.4) is 0 Å². The van der Waals surface area contributed by atoms with Crippen LogP contribution in [-0.4, -0.2) is 54.8 Å². The molecule has 6 nitrogen and oxygen atoms in total. The number of ether oxygens (including phenoxy) is 1. The van der Waals surface area contributed by atoms with Gasteiger partial charge >= 0.3 is 0 Å². The quantitative estimate of drug-likeness (QED) is 0.421. The van der Waals surface area contributed by atoms with E-state index in [-0.39, 0.29) is 6.10 Å². The molecule has 1 aliphatic rings. The number of nitrogens with one attached hydrogen (secondary N) is 2. The SMILES string of the molecule is CCNC(=NCC(O)c1ccc(OC(C)C)cc1)NCCN1CCc2sccc2C1. The van der Waals surface area contributed by atoms with Gasteiger partial charge in [-0.1, -0.05) is 12.1 Å². The molecule has 0 aliphatic carbocycles. The first-order valence-corrected chi connectivity index (χ1v) is 11.7. The Morgan fingerprint density at radius 1 is 1.23 bits per heavy atom. The molecular weight excluding hydrogens is 396 g/mol. The minimum absolute atomic E-state index is 0.136. The lowest BCUT2D eigenvalue weighted by Crippen LogP contribution is -2.42. The zero-order chi connectivity index (χ0) is 21.3. The lowest BCUT2D eigenvalue weighted by molar-refractivity contribution is 0.186. The predicted molar refractivity (Wildman–Crippen MR) is 124 cm³/mol. The molecule has 0 saturated heterocycles. The van der Waals surface area contributed by atoms with Gasteiger partial charge < -0.3 is 20.5 Å². The highest BCUT2D eigenvalue weighted by Gasteiger charge is 2.16. The van der Waals surface area contributed by atoms with Crippen molar-refractivity contribution in [2.75, 3.05) is 32.7 Å². The van der Waals surface area contributed by atoms with Gasteiger partial charge in [0.1, 0.15) is 5.75 Å². The van der Waals surface area contributed by atoms with Crippen molar-refractivity contribution in [3.63, 3.8) is 0 Å². The molecule has 1 aromatic carbocycles. The second-order valence-corrected chi connectivity index (χ2v) is 8.79. The van der Waals surface area contributed by atoms with Crippen LogP contribution in [-0.2, 0) is 13.0 Å². The average molecular weight is 431 g/mol. The summed E-state index contributed by atoms with van der Waals surface area (Å²) in [6.45, 7) is 11.1. The Bertz CT molecular complexity index is 804. The van der Waals surface area contributed by atoms with Gasteiger partial charge in [-0.15, -0.1) is 11.3 Å². The van der Waals surface area contributed by atoms with Gasteiger partial charge in [0.25, 0.3) is 0 Å². The zero-order valence-electron chi connectivity index (χ0n) is 18.2. The highest BCUT2D eigenvalue weighted by atomic mass is 32.1. The van der Waals surface area contributed by atoms with Crippen LogP contribution in [0.2, 0.25) is 0 Å². The number of nitrogens with zero attached hydrogens (tertiary/aromatic N) is 2. The van der Waals surface area contributed by atoms with E-state index in [0.29, 0.717) is 6.54 Å². The van der Waals surface area contributed by atoms with E-state index in [4.69, 9.17) is 4.74 Å². The Kier molecular flexibility index (Phi) is 8.54. The number of fused-ring (bicyclic) bond motifs is 1. The fourth-order valence-electron chi connectivity index (χ4n) is 3.50. The first kappa shape index (κ1) is 22.6. The van der Waals surface area contributed by atoms with Crippen LogP contribution in [0.5, 0.6) is 5.75 Å². The number of hydrogen-bond acceptors (Lipinski definition) is 5. The summed E-state index contributed by atoms with van der Waals surface area (Å²) in [5.41, 5.74) is 2.31. The molecule has 3 rings (SSSR count). The lowest BCUT2D eigenvalue weighted by Gasteiger charge is -2.27. The Morgan fingerprint density at radius 3 is 2.77 bits per heavy atom. The second kappa shape index (κ2) is 11.3. The van der Waals surface area contributed by atoms with E-state index in [9.17, 15) is 5.11 Å². The maximum atomic E-state index is 10.5. The maximum absolute atomic E-state index is 10.5. The molecule has 1 atom stereocenters. The number of aliphatic hydroxyl groups is 1. The van der Waals surface area contributed by atoms with Crippen LogP contribution in [0.25, 0.3) is 0 Å². The lowest BCUT2D eigenvalue weighted by atomic mass is 10.1. The maximum Gasteiger partial charge on any atom is 0.191 e. The first-order chi connectivity index (χ1) is 14.5. The molecule has 2 heterocycles. The summed E-state index contributed by atoms with van der Waals surface area (Å²) >= 11 is 1.87. The molecule has 0 fully saturated rings. The van der Waals surface area contributed by atoms with Crippen LogP contribution >= 0.6 is 11.3 Å². The number of aliphatic hydroxyl groups excluding tert-OH is 1. The van der Waals surface area contributed by atoms with Crippen LogP contribution in [0, 0.1) is 0 Å². The molecule has 0 amide bonds. The standard InChI is InChI=1S/C23H34N4O2S/c1-4-24-23(25-11-13-27-12-9-22-19(16-27)10-14-30-22)26-15-21(28)18-5-7-20(8-6-18)29-17(2)3/h5-8,10,14,17,21,28H,4,9,11-13,15-16H2,1-3H3,(H2,24,25,26). The van der Waals surface area contributed by atoms with Crippen molar-refractivity contribution in [2.24, 2.45) is 4.99 Å². The second-order valence-electron chi connectivity index (χ2n) is 7.79. The van der Waals surface area contributed by atoms with Crippen LogP contribution in [0.15, 0.2) is 40.7 Å². The summed E-state index contributed by atoms with van der Waals surface area (Å²) in [4.78, 5) is 8.57. The van der Waals surface area contributed by atoms with Gasteiger partial charge in [-0.25, -0.2) is 0 Å². The number of guanidine groups is 1. The molecule has 1 unspecified atom stereocenters. The summed E-state index contributed by atoms with van der Waals surface area (Å²) in [5.74, 6) is 1.55. The molecule has 1 aromatic heterocycles. The van der Waals surface area contributed by atoms with Gasteiger partial charge in [0, 0.05) is 37.6 Å². The third-order valence-corrected chi connectivity index (χ3v) is 6.03. The summed E-state index contributed by atoms with van der Waals surface area (Å²) in [7, 11) is 0. The fraction of sp³-hybridized carbons (Fsp3) is 0.522. The van der Waals surface area contributed by atoms with E-state index in [1.54, 1.807) is 0 Å². The first-order valence-electron chi connectivity index (χ1n) is 10.8. The van der Waals surface area contributed by atoms with Crippen LogP contribution in [0.1, 0.15) is 42.9 Å². The minimum Gasteiger partial charge on any atom is -0.491 e. The van der Waals surface area contributed by atoms with Gasteiger partial charge in [-0.05, 0) is 61.9 Å². The van der Waals surface area contributed by atoms with Crippen molar-refractivity contribution in [2.45, 2.75) is 45.9 Å². The molecule has 0 bridgehead atoms. The van der Waals surface area contributed by atoms with Crippen molar-refractivity contribution in [1.82, 2.24) is 15.5 Å². The van der Waals surface area contributed by atoms with Gasteiger partial charge in [-0.2, -0.15) is 0 Å². The molecule has 0 radical (unpaired) electrons. The Balaban J connectivity index is 1.46. The molecular formula is C23H34N4O2S. The van der Waals surface area contributed by atoms with Crippen molar-refractivity contribution in [1.29, 1.82) is 0 Å². The predicted octanol–water partition coefficient (Wildman–Crippen LogP) is 3.18. The van der Waals surface area contributed by atoms with Gasteiger partial charge in [-0.3, -0.25) is 9.89 Å². The fourth-order valence-corrected chi connectivity index (χ4v) is 4.39. The Labute approximate surface area is 184 Å². The van der Waals surface area contributed by atoms with E-state index in [0.717, 1.165) is 56.4 Å². The van der Waals surface area contributed by atoms with Gasteiger partial charge in [0.2, 0.25) is 0 Å². The molecule has 0 spiro atoms. The number of rotatable bonds is 9. The van der Waals surface area contributed by atoms with E-state index < -0.39 is 6.10 Å². The third-order valence-electron chi connectivity index (χ3n) is 5.01. The monoisotopic (exact) mass is 430 g/mol. The molecule has 0 saturated carbocycles. The van der Waals surface area contributed by atoms with E-state index in [1.165, 1.54) is 10.4 Å². The van der Waals surface area contributed by atoms with E-state index >= 15 is 0 Å². The smallest absolute Gasteiger partial charge is 0.191 e. The van der Waals surface area contributed by atoms with Crippen molar-refractivity contribution in [3.8, 4) is 5.75 Å². The number of thiophene rings is 1. The molecule has 7 heteroatoms.